The molecule has 0 saturated carbocycles. The Morgan fingerprint density at radius 2 is 1.59 bits per heavy atom. The fourth-order valence-corrected chi connectivity index (χ4v) is 5.27. The van der Waals surface area contributed by atoms with Crippen molar-refractivity contribution < 1.29 is 9.53 Å². The third kappa shape index (κ3) is 3.58. The molecule has 2 aliphatic heterocycles. The number of nitrogens with one attached hydrogen (secondary N) is 1. The molecule has 34 heavy (non-hydrogen) atoms. The van der Waals surface area contributed by atoms with Gasteiger partial charge >= 0.3 is 0 Å². The average Bonchev–Trinajstić information content (AvgIpc) is 3.07. The van der Waals surface area contributed by atoms with Gasteiger partial charge in [0, 0.05) is 18.8 Å². The highest BCUT2D eigenvalue weighted by Gasteiger charge is 2.39. The van der Waals surface area contributed by atoms with Gasteiger partial charge in [-0.1, -0.05) is 34.3 Å². The van der Waals surface area contributed by atoms with Crippen molar-refractivity contribution in [3.05, 3.63) is 74.0 Å². The summed E-state index contributed by atoms with van der Waals surface area (Å²) in [5, 5.41) is 4.19. The highest BCUT2D eigenvalue weighted by atomic mass is 16.5. The number of aromatic nitrogens is 2. The summed E-state index contributed by atoms with van der Waals surface area (Å²) >= 11 is 0. The van der Waals surface area contributed by atoms with Gasteiger partial charge in [-0.15, -0.1) is 0 Å². The molecule has 2 aliphatic rings. The molecule has 6 nitrogen and oxygen atoms in total. The first-order valence-electron chi connectivity index (χ1n) is 11.8. The lowest BCUT2D eigenvalue weighted by Crippen LogP contribution is -2.44. The van der Waals surface area contributed by atoms with Crippen LogP contribution < -0.4 is 25.8 Å². The molecule has 0 saturated heterocycles. The fraction of sp³-hybridized carbons (Fsp3) is 0.357. The number of ether oxygens (including phenoxy) is 1. The summed E-state index contributed by atoms with van der Waals surface area (Å²) in [4.78, 5) is 26.4. The molecule has 0 unspecified atom stereocenters. The maximum Gasteiger partial charge on any atom is 0.298 e. The SMILES string of the molecule is C=c1[nH]n(-c2ccc(OC=O)cc2)c(=O)c1=Cc1cc2c3c(c1)C(C)(C)CCN3CCC2(C)C. The van der Waals surface area contributed by atoms with E-state index in [1.54, 1.807) is 24.3 Å². The summed E-state index contributed by atoms with van der Waals surface area (Å²) in [7, 11) is 0. The van der Waals surface area contributed by atoms with Gasteiger partial charge in [0.15, 0.2) is 0 Å². The molecule has 3 aromatic rings. The molecular formula is C28H31N3O3. The molecule has 0 fully saturated rings. The van der Waals surface area contributed by atoms with E-state index in [0.717, 1.165) is 31.5 Å². The molecule has 2 aromatic carbocycles. The van der Waals surface area contributed by atoms with Crippen LogP contribution >= 0.6 is 0 Å². The Morgan fingerprint density at radius 1 is 1.00 bits per heavy atom. The van der Waals surface area contributed by atoms with Crippen LogP contribution in [0.25, 0.3) is 18.3 Å². The zero-order chi connectivity index (χ0) is 24.3. The topological polar surface area (TPSA) is 67.3 Å². The molecule has 0 aliphatic carbocycles. The third-order valence-corrected chi connectivity index (χ3v) is 7.52. The van der Waals surface area contributed by atoms with Gasteiger partial charge in [0.05, 0.1) is 16.3 Å². The smallest absolute Gasteiger partial charge is 0.298 e. The second-order valence-electron chi connectivity index (χ2n) is 10.7. The number of aromatic amines is 1. The molecule has 0 bridgehead atoms. The average molecular weight is 458 g/mol. The summed E-state index contributed by atoms with van der Waals surface area (Å²) in [6.45, 7) is 15.9. The molecule has 3 heterocycles. The molecule has 6 heteroatoms. The van der Waals surface area contributed by atoms with Gasteiger partial charge in [-0.2, -0.15) is 0 Å². The zero-order valence-electron chi connectivity index (χ0n) is 20.3. The molecule has 0 spiro atoms. The number of nitrogens with zero attached hydrogens (tertiary/aromatic N) is 2. The number of anilines is 1. The van der Waals surface area contributed by atoms with Crippen molar-refractivity contribution in [2.75, 3.05) is 18.0 Å². The minimum absolute atomic E-state index is 0.0782. The molecule has 0 amide bonds. The van der Waals surface area contributed by atoms with E-state index in [1.807, 2.05) is 6.08 Å². The summed E-state index contributed by atoms with van der Waals surface area (Å²) < 4.78 is 6.32. The van der Waals surface area contributed by atoms with Crippen LogP contribution in [0.15, 0.2) is 41.2 Å². The number of rotatable bonds is 4. The lowest BCUT2D eigenvalue weighted by atomic mass is 9.69. The monoisotopic (exact) mass is 457 g/mol. The standard InChI is InChI=1S/C28H31N3O3/c1-18-22(26(33)31(29-18)20-6-8-21(9-7-20)34-17-32)14-19-15-23-25-24(16-19)28(4,5)11-13-30(25)12-10-27(23,2)3/h6-9,14-17,29H,1,10-13H2,2-5H3. The summed E-state index contributed by atoms with van der Waals surface area (Å²) in [6, 6.07) is 11.3. The van der Waals surface area contributed by atoms with Crippen molar-refractivity contribution in [2.24, 2.45) is 0 Å². The van der Waals surface area contributed by atoms with E-state index in [0.29, 0.717) is 28.5 Å². The second kappa shape index (κ2) is 7.76. The van der Waals surface area contributed by atoms with Crippen molar-refractivity contribution in [1.29, 1.82) is 0 Å². The molecule has 1 N–H and O–H groups in total. The van der Waals surface area contributed by atoms with E-state index < -0.39 is 0 Å². The zero-order valence-corrected chi connectivity index (χ0v) is 20.3. The van der Waals surface area contributed by atoms with Crippen LogP contribution in [0.5, 0.6) is 5.75 Å². The number of H-pyrrole nitrogens is 1. The highest BCUT2D eigenvalue weighted by Crippen LogP contribution is 2.49. The highest BCUT2D eigenvalue weighted by molar-refractivity contribution is 5.71. The van der Waals surface area contributed by atoms with Gasteiger partial charge in [0.2, 0.25) is 0 Å². The van der Waals surface area contributed by atoms with Crippen molar-refractivity contribution in [3.63, 3.8) is 0 Å². The molecule has 1 aromatic heterocycles. The second-order valence-corrected chi connectivity index (χ2v) is 10.7. The normalized spacial score (nSPS) is 18.5. The van der Waals surface area contributed by atoms with E-state index in [-0.39, 0.29) is 16.4 Å². The maximum atomic E-state index is 13.3. The predicted octanol–water partition coefficient (Wildman–Crippen LogP) is 3.11. The number of hydrogen-bond acceptors (Lipinski definition) is 4. The summed E-state index contributed by atoms with van der Waals surface area (Å²) in [5.41, 5.74) is 5.78. The van der Waals surface area contributed by atoms with E-state index in [9.17, 15) is 9.59 Å². The van der Waals surface area contributed by atoms with Gasteiger partial charge < -0.3 is 9.64 Å². The van der Waals surface area contributed by atoms with Gasteiger partial charge in [-0.3, -0.25) is 14.7 Å². The molecule has 0 radical (unpaired) electrons. The minimum atomic E-state index is -0.166. The van der Waals surface area contributed by atoms with Gasteiger partial charge in [0.1, 0.15) is 5.75 Å². The number of carbonyl (C=O) groups is 1. The van der Waals surface area contributed by atoms with Crippen LogP contribution in [-0.2, 0) is 15.6 Å². The van der Waals surface area contributed by atoms with Gasteiger partial charge in [-0.25, -0.2) is 4.68 Å². The Bertz CT molecular complexity index is 1400. The summed E-state index contributed by atoms with van der Waals surface area (Å²) in [6.07, 6.45) is 4.19. The maximum absolute atomic E-state index is 13.3. The Hall–Kier alpha value is -3.54. The van der Waals surface area contributed by atoms with Crippen molar-refractivity contribution >= 4 is 24.8 Å². The summed E-state index contributed by atoms with van der Waals surface area (Å²) in [5.74, 6) is 0.419. The number of hydrogen-bond donors (Lipinski definition) is 1. The number of benzene rings is 2. The number of carbonyl (C=O) groups excluding carboxylic acids is 1. The van der Waals surface area contributed by atoms with Crippen LogP contribution in [0.3, 0.4) is 0 Å². The predicted molar refractivity (Wildman–Crippen MR) is 135 cm³/mol. The minimum Gasteiger partial charge on any atom is -0.429 e. The molecule has 176 valence electrons. The lowest BCUT2D eigenvalue weighted by Gasteiger charge is -2.48. The third-order valence-electron chi connectivity index (χ3n) is 7.52. The first kappa shape index (κ1) is 22.3. The van der Waals surface area contributed by atoms with E-state index in [2.05, 4.69) is 56.4 Å². The van der Waals surface area contributed by atoms with Crippen LogP contribution in [0.1, 0.15) is 57.2 Å². The fourth-order valence-electron chi connectivity index (χ4n) is 5.27. The Kier molecular flexibility index (Phi) is 5.08. The van der Waals surface area contributed by atoms with Crippen molar-refractivity contribution in [2.45, 2.75) is 51.4 Å². The Labute approximate surface area is 199 Å². The molecule has 5 rings (SSSR count). The van der Waals surface area contributed by atoms with Crippen molar-refractivity contribution in [3.8, 4) is 11.4 Å². The Balaban J connectivity index is 1.66. The first-order chi connectivity index (χ1) is 16.1. The van der Waals surface area contributed by atoms with Gasteiger partial charge in [-0.05, 0) is 82.8 Å². The molecule has 0 atom stereocenters. The first-order valence-corrected chi connectivity index (χ1v) is 11.8. The molecular weight excluding hydrogens is 426 g/mol. The quantitative estimate of drug-likeness (QED) is 0.612. The van der Waals surface area contributed by atoms with Crippen LogP contribution in [0, 0.1) is 0 Å². The van der Waals surface area contributed by atoms with Crippen LogP contribution in [0.4, 0.5) is 5.69 Å². The Morgan fingerprint density at radius 3 is 2.15 bits per heavy atom. The van der Waals surface area contributed by atoms with E-state index in [4.69, 9.17) is 4.74 Å². The van der Waals surface area contributed by atoms with Crippen LogP contribution in [-0.4, -0.2) is 29.3 Å². The lowest BCUT2D eigenvalue weighted by molar-refractivity contribution is -0.120. The van der Waals surface area contributed by atoms with Gasteiger partial charge in [0.25, 0.3) is 12.0 Å². The van der Waals surface area contributed by atoms with Crippen LogP contribution in [0.2, 0.25) is 0 Å². The van der Waals surface area contributed by atoms with E-state index in [1.165, 1.54) is 21.5 Å². The van der Waals surface area contributed by atoms with E-state index >= 15 is 0 Å². The van der Waals surface area contributed by atoms with Crippen molar-refractivity contribution in [1.82, 2.24) is 9.78 Å². The largest absolute Gasteiger partial charge is 0.429 e.